The van der Waals surface area contributed by atoms with Crippen LogP contribution in [0.2, 0.25) is 0 Å². The molecule has 0 saturated carbocycles. The largest absolute Gasteiger partial charge is 0.456 e. The van der Waals surface area contributed by atoms with Crippen LogP contribution in [-0.4, -0.2) is 0 Å². The molecule has 0 bridgehead atoms. The van der Waals surface area contributed by atoms with Gasteiger partial charge in [0.15, 0.2) is 0 Å². The average molecular weight is 934 g/mol. The topological polar surface area (TPSA) is 29.5 Å². The van der Waals surface area contributed by atoms with Crippen LogP contribution in [0.4, 0.5) is 17.1 Å². The zero-order valence-electron chi connectivity index (χ0n) is 40.4. The highest BCUT2D eigenvalue weighted by atomic mass is 16.3. The highest BCUT2D eigenvalue weighted by Crippen LogP contribution is 2.58. The molecule has 2 aliphatic carbocycles. The first-order valence-corrected chi connectivity index (χ1v) is 25.3. The highest BCUT2D eigenvalue weighted by Gasteiger charge is 2.46. The molecule has 0 fully saturated rings. The van der Waals surface area contributed by atoms with Gasteiger partial charge in [-0.3, -0.25) is 0 Å². The molecule has 0 spiro atoms. The van der Waals surface area contributed by atoms with Crippen LogP contribution in [0, 0.1) is 0 Å². The van der Waals surface area contributed by atoms with Crippen molar-refractivity contribution in [3.63, 3.8) is 0 Å². The second-order valence-electron chi connectivity index (χ2n) is 20.3. The summed E-state index contributed by atoms with van der Waals surface area (Å²) in [5.74, 6) is 0. The van der Waals surface area contributed by atoms with Crippen LogP contribution in [0.25, 0.3) is 88.4 Å². The summed E-state index contributed by atoms with van der Waals surface area (Å²) in [7, 11) is 0. The van der Waals surface area contributed by atoms with Crippen LogP contribution >= 0.6 is 0 Å². The molecular formula is C70H47NO2. The maximum Gasteiger partial charge on any atom is 0.144 e. The van der Waals surface area contributed by atoms with E-state index >= 15 is 0 Å². The number of furan rings is 2. The van der Waals surface area contributed by atoms with Gasteiger partial charge in [-0.25, -0.2) is 0 Å². The maximum atomic E-state index is 7.17. The minimum atomic E-state index is -0.554. The molecule has 11 aromatic carbocycles. The lowest BCUT2D eigenvalue weighted by atomic mass is 9.67. The molecule has 0 atom stereocenters. The summed E-state index contributed by atoms with van der Waals surface area (Å²) in [5, 5.41) is 4.17. The summed E-state index contributed by atoms with van der Waals surface area (Å²) in [4.78, 5) is 2.41. The predicted molar refractivity (Wildman–Crippen MR) is 301 cm³/mol. The monoisotopic (exact) mass is 933 g/mol. The number of hydrogen-bond acceptors (Lipinski definition) is 3. The number of fused-ring (bicyclic) bond motifs is 12. The molecule has 2 aromatic heterocycles. The van der Waals surface area contributed by atoms with E-state index in [9.17, 15) is 0 Å². The Labute approximate surface area is 423 Å². The Morgan fingerprint density at radius 3 is 1.62 bits per heavy atom. The minimum absolute atomic E-state index is 0.166. The second-order valence-corrected chi connectivity index (χ2v) is 20.3. The van der Waals surface area contributed by atoms with Crippen molar-refractivity contribution in [2.24, 2.45) is 0 Å². The summed E-state index contributed by atoms with van der Waals surface area (Å²) >= 11 is 0. The summed E-state index contributed by atoms with van der Waals surface area (Å²) in [6.45, 7) is 4.69. The average Bonchev–Trinajstić information content (AvgIpc) is 4.16. The normalized spacial score (nSPS) is 13.8. The number of para-hydroxylation sites is 1. The fourth-order valence-corrected chi connectivity index (χ4v) is 12.8. The molecule has 0 radical (unpaired) electrons. The smallest absolute Gasteiger partial charge is 0.144 e. The minimum Gasteiger partial charge on any atom is -0.456 e. The Morgan fingerprint density at radius 2 is 0.863 bits per heavy atom. The third-order valence-corrected chi connectivity index (χ3v) is 16.1. The molecule has 0 amide bonds. The van der Waals surface area contributed by atoms with Crippen molar-refractivity contribution in [2.75, 3.05) is 4.90 Å². The van der Waals surface area contributed by atoms with Gasteiger partial charge in [0.2, 0.25) is 0 Å². The Hall–Kier alpha value is -9.18. The molecule has 2 aliphatic rings. The zero-order chi connectivity index (χ0) is 48.4. The lowest BCUT2D eigenvalue weighted by Gasteiger charge is -2.35. The van der Waals surface area contributed by atoms with Gasteiger partial charge in [0, 0.05) is 49.6 Å². The van der Waals surface area contributed by atoms with Gasteiger partial charge in [-0.2, -0.15) is 0 Å². The first kappa shape index (κ1) is 41.6. The predicted octanol–water partition coefficient (Wildman–Crippen LogP) is 19.0. The summed E-state index contributed by atoms with van der Waals surface area (Å²) in [5.41, 5.74) is 23.1. The Morgan fingerprint density at radius 1 is 0.329 bits per heavy atom. The van der Waals surface area contributed by atoms with Gasteiger partial charge in [0.25, 0.3) is 0 Å². The van der Waals surface area contributed by atoms with Gasteiger partial charge in [-0.1, -0.05) is 202 Å². The van der Waals surface area contributed by atoms with Gasteiger partial charge in [-0.15, -0.1) is 0 Å². The van der Waals surface area contributed by atoms with Gasteiger partial charge >= 0.3 is 0 Å². The maximum absolute atomic E-state index is 7.17. The van der Waals surface area contributed by atoms with Gasteiger partial charge in [-0.05, 0) is 133 Å². The van der Waals surface area contributed by atoms with Crippen molar-refractivity contribution in [3.8, 4) is 44.5 Å². The second kappa shape index (κ2) is 15.7. The first-order valence-electron chi connectivity index (χ1n) is 25.3. The summed E-state index contributed by atoms with van der Waals surface area (Å²) < 4.78 is 14.0. The SMILES string of the molecule is CC1(C)c2ccccc2-c2ccc(-c3c4oc5ccc(N(c6ccc(-c7ccccc7)cc6)c6ccc7c(c6)C(c6ccccc6)(c6ccccc6)c6ccccc6-7)cc5c4cc4oc5ccccc5c34)cc21. The van der Waals surface area contributed by atoms with Crippen molar-refractivity contribution >= 4 is 60.9 Å². The van der Waals surface area contributed by atoms with Crippen LogP contribution in [-0.2, 0) is 10.8 Å². The molecule has 0 N–H and O–H groups in total. The van der Waals surface area contributed by atoms with E-state index in [2.05, 4.69) is 261 Å². The summed E-state index contributed by atoms with van der Waals surface area (Å²) in [6.07, 6.45) is 0. The van der Waals surface area contributed by atoms with Crippen LogP contribution in [0.1, 0.15) is 47.2 Å². The van der Waals surface area contributed by atoms with E-state index in [0.29, 0.717) is 0 Å². The molecular weight excluding hydrogens is 887 g/mol. The number of hydrogen-bond donors (Lipinski definition) is 0. The molecule has 2 heterocycles. The van der Waals surface area contributed by atoms with E-state index < -0.39 is 5.41 Å². The highest BCUT2D eigenvalue weighted by molar-refractivity contribution is 6.24. The Kier molecular flexibility index (Phi) is 8.92. The number of rotatable bonds is 7. The molecule has 73 heavy (non-hydrogen) atoms. The molecule has 0 aliphatic heterocycles. The fraction of sp³-hybridized carbons (Fsp3) is 0.0571. The zero-order valence-corrected chi connectivity index (χ0v) is 40.4. The number of nitrogens with zero attached hydrogens (tertiary/aromatic N) is 1. The molecule has 3 heteroatoms. The molecule has 0 unspecified atom stereocenters. The van der Waals surface area contributed by atoms with E-state index in [-0.39, 0.29) is 5.41 Å². The lowest BCUT2D eigenvalue weighted by Crippen LogP contribution is -2.28. The van der Waals surface area contributed by atoms with Crippen LogP contribution < -0.4 is 4.90 Å². The molecule has 3 nitrogen and oxygen atoms in total. The fourth-order valence-electron chi connectivity index (χ4n) is 12.8. The summed E-state index contributed by atoms with van der Waals surface area (Å²) in [6, 6.07) is 90.9. The molecule has 0 saturated heterocycles. The third-order valence-electron chi connectivity index (χ3n) is 16.1. The van der Waals surface area contributed by atoms with Crippen LogP contribution in [0.15, 0.2) is 258 Å². The van der Waals surface area contributed by atoms with Crippen molar-refractivity contribution in [3.05, 3.63) is 282 Å². The standard InChI is InChI=1S/C70H47NO2/c1-69(2)59-27-15-12-24-52(59)54-37-32-46(40-61(54)69)66-67-56-26-14-17-29-63(56)72-65(67)43-58-57-41-50(36-39-64(57)73-68(58)66)71(49-33-30-45(31-34-49)44-18-6-3-7-19-44)51-35-38-55-53-25-13-16-28-60(53)70(62(55)42-51,47-20-8-4-9-21-47)48-22-10-5-11-23-48/h3-43H,1-2H3. The van der Waals surface area contributed by atoms with Crippen LogP contribution in [0.3, 0.4) is 0 Å². The van der Waals surface area contributed by atoms with Crippen molar-refractivity contribution in [2.45, 2.75) is 24.7 Å². The first-order chi connectivity index (χ1) is 35.9. The third kappa shape index (κ3) is 6.00. The molecule has 344 valence electrons. The Bertz CT molecular complexity index is 4290. The van der Waals surface area contributed by atoms with Gasteiger partial charge in [0.1, 0.15) is 22.3 Å². The van der Waals surface area contributed by atoms with Crippen molar-refractivity contribution in [1.29, 1.82) is 0 Å². The van der Waals surface area contributed by atoms with Crippen LogP contribution in [0.5, 0.6) is 0 Å². The number of benzene rings is 11. The molecule has 15 rings (SSSR count). The van der Waals surface area contributed by atoms with Crippen molar-refractivity contribution < 1.29 is 8.83 Å². The lowest BCUT2D eigenvalue weighted by molar-refractivity contribution is 0.660. The van der Waals surface area contributed by atoms with Gasteiger partial charge < -0.3 is 13.7 Å². The molecule has 13 aromatic rings. The van der Waals surface area contributed by atoms with Gasteiger partial charge in [0.05, 0.1) is 5.41 Å². The van der Waals surface area contributed by atoms with E-state index in [1.807, 2.05) is 6.07 Å². The Balaban J connectivity index is 0.968. The van der Waals surface area contributed by atoms with Crippen molar-refractivity contribution in [1.82, 2.24) is 0 Å². The number of anilines is 3. The van der Waals surface area contributed by atoms with E-state index in [0.717, 1.165) is 72.1 Å². The van der Waals surface area contributed by atoms with E-state index in [1.54, 1.807) is 0 Å². The van der Waals surface area contributed by atoms with E-state index in [1.165, 1.54) is 66.8 Å². The quantitative estimate of drug-likeness (QED) is 0.159. The van der Waals surface area contributed by atoms with E-state index in [4.69, 9.17) is 8.83 Å².